The Bertz CT molecular complexity index is 1110. The molecule has 0 spiro atoms. The minimum atomic E-state index is -0.326. The number of benzene rings is 3. The fourth-order valence-corrected chi connectivity index (χ4v) is 3.49. The molecule has 1 aliphatic heterocycles. The molecule has 0 radical (unpaired) electrons. The van der Waals surface area contributed by atoms with Crippen LogP contribution in [-0.4, -0.2) is 25.0 Å². The summed E-state index contributed by atoms with van der Waals surface area (Å²) in [6.45, 7) is 2.71. The molecule has 0 bridgehead atoms. The number of nitrogens with zero attached hydrogens (tertiary/aromatic N) is 1. The third-order valence-electron chi connectivity index (χ3n) is 5.04. The fourth-order valence-electron chi connectivity index (χ4n) is 3.49. The van der Waals surface area contributed by atoms with E-state index in [1.54, 1.807) is 35.2 Å². The normalized spacial score (nSPS) is 12.7. The Morgan fingerprint density at radius 1 is 1.06 bits per heavy atom. The zero-order chi connectivity index (χ0) is 22.5. The van der Waals surface area contributed by atoms with Crippen molar-refractivity contribution in [2.75, 3.05) is 23.4 Å². The number of amides is 2. The molecule has 0 fully saturated rings. The molecule has 0 saturated heterocycles. The smallest absolute Gasteiger partial charge is 0.265 e. The molecule has 1 heterocycles. The highest BCUT2D eigenvalue weighted by Gasteiger charge is 2.26. The van der Waals surface area contributed by atoms with Gasteiger partial charge in [0.15, 0.2) is 6.61 Å². The highest BCUT2D eigenvalue weighted by molar-refractivity contribution is 5.99. The van der Waals surface area contributed by atoms with Crippen LogP contribution in [-0.2, 0) is 22.6 Å². The van der Waals surface area contributed by atoms with Crippen LogP contribution >= 0.6 is 0 Å². The van der Waals surface area contributed by atoms with Gasteiger partial charge in [-0.2, -0.15) is 0 Å². The summed E-state index contributed by atoms with van der Waals surface area (Å²) in [6, 6.07) is 18.6. The lowest BCUT2D eigenvalue weighted by molar-refractivity contribution is -0.121. The molecule has 0 atom stereocenters. The van der Waals surface area contributed by atoms with Gasteiger partial charge >= 0.3 is 0 Å². The molecule has 7 heteroatoms. The first-order valence-electron chi connectivity index (χ1n) is 10.3. The van der Waals surface area contributed by atoms with Gasteiger partial charge in [-0.3, -0.25) is 9.59 Å². The highest BCUT2D eigenvalue weighted by atomic mass is 19.1. The number of halogens is 1. The highest BCUT2D eigenvalue weighted by Crippen LogP contribution is 2.35. The maximum atomic E-state index is 13.2. The summed E-state index contributed by atoms with van der Waals surface area (Å²) in [7, 11) is 0. The van der Waals surface area contributed by atoms with E-state index in [0.29, 0.717) is 30.3 Å². The molecule has 0 saturated carbocycles. The molecule has 2 amide bonds. The Hall–Kier alpha value is -3.87. The lowest BCUT2D eigenvalue weighted by atomic mass is 10.1. The van der Waals surface area contributed by atoms with Crippen LogP contribution in [0.2, 0.25) is 0 Å². The second-order valence-corrected chi connectivity index (χ2v) is 7.38. The van der Waals surface area contributed by atoms with Crippen LogP contribution in [0.15, 0.2) is 66.7 Å². The van der Waals surface area contributed by atoms with E-state index < -0.39 is 0 Å². The van der Waals surface area contributed by atoms with Gasteiger partial charge in [-0.1, -0.05) is 24.3 Å². The minimum absolute atomic E-state index is 0.0994. The molecule has 0 aliphatic carbocycles. The number of hydrogen-bond donors (Lipinski definition) is 1. The molecular formula is C25H23FN2O4. The predicted octanol–water partition coefficient (Wildman–Crippen LogP) is 4.33. The van der Waals surface area contributed by atoms with E-state index in [-0.39, 0.29) is 30.7 Å². The molecular weight excluding hydrogens is 411 g/mol. The van der Waals surface area contributed by atoms with Crippen molar-refractivity contribution in [3.8, 4) is 11.5 Å². The first-order valence-corrected chi connectivity index (χ1v) is 10.3. The van der Waals surface area contributed by atoms with E-state index in [4.69, 9.17) is 9.47 Å². The van der Waals surface area contributed by atoms with Crippen LogP contribution in [0.1, 0.15) is 18.1 Å². The van der Waals surface area contributed by atoms with Crippen molar-refractivity contribution in [2.24, 2.45) is 0 Å². The van der Waals surface area contributed by atoms with Crippen molar-refractivity contribution in [1.29, 1.82) is 0 Å². The first-order chi connectivity index (χ1) is 15.5. The third-order valence-corrected chi connectivity index (χ3v) is 5.04. The molecule has 0 unspecified atom stereocenters. The fraction of sp³-hybridized carbons (Fsp3) is 0.200. The van der Waals surface area contributed by atoms with Gasteiger partial charge in [0.1, 0.15) is 17.3 Å². The number of rotatable bonds is 7. The van der Waals surface area contributed by atoms with Gasteiger partial charge in [-0.25, -0.2) is 4.39 Å². The number of anilines is 2. The van der Waals surface area contributed by atoms with E-state index in [1.165, 1.54) is 12.1 Å². The van der Waals surface area contributed by atoms with Gasteiger partial charge in [0, 0.05) is 11.8 Å². The van der Waals surface area contributed by atoms with Crippen LogP contribution in [0, 0.1) is 5.82 Å². The molecule has 32 heavy (non-hydrogen) atoms. The number of nitrogens with one attached hydrogen (secondary N) is 1. The van der Waals surface area contributed by atoms with Gasteiger partial charge in [0.05, 0.1) is 25.3 Å². The Morgan fingerprint density at radius 2 is 1.78 bits per heavy atom. The number of fused-ring (bicyclic) bond motifs is 1. The average Bonchev–Trinajstić information content (AvgIpc) is 2.78. The summed E-state index contributed by atoms with van der Waals surface area (Å²) in [4.78, 5) is 26.5. The summed E-state index contributed by atoms with van der Waals surface area (Å²) in [5.41, 5.74) is 2.86. The number of ether oxygens (including phenoxy) is 2. The topological polar surface area (TPSA) is 67.9 Å². The maximum Gasteiger partial charge on any atom is 0.265 e. The molecule has 1 N–H and O–H groups in total. The number of hydrogen-bond acceptors (Lipinski definition) is 4. The third kappa shape index (κ3) is 5.06. The molecule has 164 valence electrons. The molecule has 1 aliphatic rings. The molecule has 0 aromatic heterocycles. The van der Waals surface area contributed by atoms with Crippen LogP contribution in [0.5, 0.6) is 11.5 Å². The summed E-state index contributed by atoms with van der Waals surface area (Å²) < 4.78 is 24.2. The van der Waals surface area contributed by atoms with Crippen LogP contribution in [0.25, 0.3) is 0 Å². The van der Waals surface area contributed by atoms with Crippen LogP contribution in [0.4, 0.5) is 15.8 Å². The monoisotopic (exact) mass is 434 g/mol. The van der Waals surface area contributed by atoms with E-state index in [2.05, 4.69) is 5.32 Å². The van der Waals surface area contributed by atoms with Crippen molar-refractivity contribution in [2.45, 2.75) is 19.9 Å². The quantitative estimate of drug-likeness (QED) is 0.601. The van der Waals surface area contributed by atoms with Crippen molar-refractivity contribution in [1.82, 2.24) is 0 Å². The lowest BCUT2D eigenvalue weighted by Crippen LogP contribution is -2.38. The van der Waals surface area contributed by atoms with Crippen molar-refractivity contribution >= 4 is 23.2 Å². The van der Waals surface area contributed by atoms with E-state index in [9.17, 15) is 14.0 Å². The summed E-state index contributed by atoms with van der Waals surface area (Å²) >= 11 is 0. The van der Waals surface area contributed by atoms with Crippen molar-refractivity contribution in [3.05, 3.63) is 83.7 Å². The molecule has 4 rings (SSSR count). The average molecular weight is 434 g/mol. The van der Waals surface area contributed by atoms with Gasteiger partial charge in [0.2, 0.25) is 5.91 Å². The van der Waals surface area contributed by atoms with E-state index >= 15 is 0 Å². The molecule has 3 aromatic rings. The van der Waals surface area contributed by atoms with E-state index in [1.807, 2.05) is 31.2 Å². The Labute approximate surface area is 185 Å². The first kappa shape index (κ1) is 21.4. The Kier molecular flexibility index (Phi) is 6.35. The number of carbonyl (C=O) groups is 2. The maximum absolute atomic E-state index is 13.2. The molecule has 3 aromatic carbocycles. The van der Waals surface area contributed by atoms with Crippen LogP contribution in [0.3, 0.4) is 0 Å². The van der Waals surface area contributed by atoms with Crippen molar-refractivity contribution < 1.29 is 23.5 Å². The van der Waals surface area contributed by atoms with E-state index in [0.717, 1.165) is 16.9 Å². The second-order valence-electron chi connectivity index (χ2n) is 7.38. The second kappa shape index (κ2) is 9.51. The summed E-state index contributed by atoms with van der Waals surface area (Å²) in [6.07, 6.45) is 0.222. The van der Waals surface area contributed by atoms with Crippen LogP contribution < -0.4 is 19.7 Å². The summed E-state index contributed by atoms with van der Waals surface area (Å²) in [5.74, 6) is 0.597. The SMILES string of the molecule is CCOc1ccc(CC(=O)Nc2ccc3c(c2)OCC(=O)N3Cc2ccc(F)cc2)cc1. The lowest BCUT2D eigenvalue weighted by Gasteiger charge is -2.29. The predicted molar refractivity (Wildman–Crippen MR) is 119 cm³/mol. The zero-order valence-electron chi connectivity index (χ0n) is 17.6. The van der Waals surface area contributed by atoms with Gasteiger partial charge < -0.3 is 19.7 Å². The standard InChI is InChI=1S/C25H23FN2O4/c1-2-31-21-10-5-17(6-11-21)13-24(29)27-20-9-12-22-23(14-20)32-16-25(30)28(22)15-18-3-7-19(26)8-4-18/h3-12,14H,2,13,15-16H2,1H3,(H,27,29). The Morgan fingerprint density at radius 3 is 2.50 bits per heavy atom. The van der Waals surface area contributed by atoms with Crippen molar-refractivity contribution in [3.63, 3.8) is 0 Å². The largest absolute Gasteiger partial charge is 0.494 e. The van der Waals surface area contributed by atoms with Gasteiger partial charge in [-0.05, 0) is 54.4 Å². The zero-order valence-corrected chi connectivity index (χ0v) is 17.6. The van der Waals surface area contributed by atoms with Gasteiger partial charge in [-0.15, -0.1) is 0 Å². The molecule has 6 nitrogen and oxygen atoms in total. The number of carbonyl (C=O) groups excluding carboxylic acids is 2. The Balaban J connectivity index is 1.44. The minimum Gasteiger partial charge on any atom is -0.494 e. The van der Waals surface area contributed by atoms with Gasteiger partial charge in [0.25, 0.3) is 5.91 Å². The summed E-state index contributed by atoms with van der Waals surface area (Å²) in [5, 5.41) is 2.87.